The Labute approximate surface area is 209 Å². The molecule has 36 heavy (non-hydrogen) atoms. The molecule has 1 aliphatic heterocycles. The highest BCUT2D eigenvalue weighted by Crippen LogP contribution is 2.39. The molecule has 2 heterocycles. The second-order valence-electron chi connectivity index (χ2n) is 8.90. The summed E-state index contributed by atoms with van der Waals surface area (Å²) in [4.78, 5) is 29.3. The number of rotatable bonds is 5. The van der Waals surface area contributed by atoms with Crippen molar-refractivity contribution in [1.29, 1.82) is 0 Å². The zero-order valence-electron chi connectivity index (χ0n) is 20.7. The number of ether oxygens (including phenoxy) is 2. The summed E-state index contributed by atoms with van der Waals surface area (Å²) in [6.45, 7) is 3.50. The van der Waals surface area contributed by atoms with E-state index < -0.39 is 6.04 Å². The highest BCUT2D eigenvalue weighted by Gasteiger charge is 2.34. The molecule has 3 aromatic carbocycles. The Balaban J connectivity index is 1.72. The fourth-order valence-corrected chi connectivity index (χ4v) is 4.82. The summed E-state index contributed by atoms with van der Waals surface area (Å²) in [7, 11) is 3.17. The van der Waals surface area contributed by atoms with Crippen molar-refractivity contribution in [2.24, 2.45) is 5.10 Å². The van der Waals surface area contributed by atoms with Crippen LogP contribution in [-0.4, -0.2) is 35.8 Å². The molecule has 0 bridgehead atoms. The van der Waals surface area contributed by atoms with Gasteiger partial charge in [-0.3, -0.25) is 9.59 Å². The number of methoxy groups -OCH3 is 2. The fraction of sp³-hybridized carbons (Fsp3) is 0.207. The number of carbonyl (C=O) groups excluding carboxylic acids is 1. The topological polar surface area (TPSA) is 84.0 Å². The maximum Gasteiger partial charge on any atom is 0.258 e. The molecule has 0 saturated carbocycles. The third-order valence-corrected chi connectivity index (χ3v) is 6.51. The number of hydrogen-bond donors (Lipinski definition) is 1. The molecule has 4 aromatic rings. The number of fused-ring (bicyclic) bond motifs is 1. The van der Waals surface area contributed by atoms with Gasteiger partial charge < -0.3 is 14.5 Å². The van der Waals surface area contributed by atoms with Gasteiger partial charge in [0.2, 0.25) is 5.91 Å². The summed E-state index contributed by atoms with van der Waals surface area (Å²) in [5, 5.41) is 7.07. The Morgan fingerprint density at radius 1 is 0.972 bits per heavy atom. The van der Waals surface area contributed by atoms with Gasteiger partial charge in [0.25, 0.3) is 5.56 Å². The smallest absolute Gasteiger partial charge is 0.258 e. The van der Waals surface area contributed by atoms with Crippen molar-refractivity contribution in [1.82, 2.24) is 9.99 Å². The van der Waals surface area contributed by atoms with Crippen molar-refractivity contribution in [3.8, 4) is 22.6 Å². The van der Waals surface area contributed by atoms with Gasteiger partial charge in [-0.2, -0.15) is 5.10 Å². The van der Waals surface area contributed by atoms with E-state index in [2.05, 4.69) is 11.1 Å². The normalized spacial score (nSPS) is 15.2. The minimum atomic E-state index is -0.405. The number of aromatic nitrogens is 1. The van der Waals surface area contributed by atoms with Crippen LogP contribution in [-0.2, 0) is 4.79 Å². The highest BCUT2D eigenvalue weighted by atomic mass is 16.5. The van der Waals surface area contributed by atoms with Gasteiger partial charge in [-0.15, -0.1) is 0 Å². The van der Waals surface area contributed by atoms with Crippen molar-refractivity contribution < 1.29 is 14.3 Å². The first-order chi connectivity index (χ1) is 17.4. The molecule has 1 amide bonds. The third kappa shape index (κ3) is 4.13. The van der Waals surface area contributed by atoms with E-state index in [0.29, 0.717) is 29.2 Å². The molecular weight excluding hydrogens is 454 g/mol. The van der Waals surface area contributed by atoms with Crippen LogP contribution in [0.3, 0.4) is 0 Å². The molecule has 0 aliphatic carbocycles. The summed E-state index contributed by atoms with van der Waals surface area (Å²) >= 11 is 0. The lowest BCUT2D eigenvalue weighted by Crippen LogP contribution is -2.24. The quantitative estimate of drug-likeness (QED) is 0.424. The van der Waals surface area contributed by atoms with Gasteiger partial charge in [-0.1, -0.05) is 42.0 Å². The number of hydrogen-bond acceptors (Lipinski definition) is 5. The molecule has 1 unspecified atom stereocenters. The maximum absolute atomic E-state index is 13.5. The summed E-state index contributed by atoms with van der Waals surface area (Å²) in [6.07, 6.45) is 0.371. The number of nitrogens with one attached hydrogen (secondary N) is 1. The molecule has 7 nitrogen and oxygen atoms in total. The molecule has 1 aliphatic rings. The van der Waals surface area contributed by atoms with E-state index >= 15 is 0 Å². The monoisotopic (exact) mass is 481 g/mol. The molecular formula is C29H27N3O4. The van der Waals surface area contributed by atoms with Crippen LogP contribution in [0.15, 0.2) is 76.6 Å². The zero-order chi connectivity index (χ0) is 25.4. The number of aryl methyl sites for hydroxylation is 1. The Bertz CT molecular complexity index is 1530. The first-order valence-corrected chi connectivity index (χ1v) is 11.7. The number of benzene rings is 3. The van der Waals surface area contributed by atoms with E-state index in [1.165, 1.54) is 11.9 Å². The van der Waals surface area contributed by atoms with Crippen molar-refractivity contribution in [2.75, 3.05) is 14.2 Å². The maximum atomic E-state index is 13.5. The van der Waals surface area contributed by atoms with Gasteiger partial charge in [-0.05, 0) is 42.3 Å². The van der Waals surface area contributed by atoms with Crippen LogP contribution in [0.4, 0.5) is 0 Å². The largest absolute Gasteiger partial charge is 0.497 e. The summed E-state index contributed by atoms with van der Waals surface area (Å²) < 4.78 is 10.9. The van der Waals surface area contributed by atoms with Crippen molar-refractivity contribution in [3.63, 3.8) is 0 Å². The lowest BCUT2D eigenvalue weighted by molar-refractivity contribution is -0.130. The van der Waals surface area contributed by atoms with Crippen LogP contribution in [0.25, 0.3) is 22.0 Å². The predicted octanol–water partition coefficient (Wildman–Crippen LogP) is 5.22. The summed E-state index contributed by atoms with van der Waals surface area (Å²) in [6, 6.07) is 20.9. The number of amides is 1. The molecule has 0 spiro atoms. The standard InChI is InChI=1S/C29H27N3O4/c1-17-10-11-24-23(12-17)27(19-8-6-5-7-9-19)28(29(34)30-24)25-16-26(32(31-25)18(2)33)20-13-21(35-3)15-22(14-20)36-4/h5-15,26H,16H2,1-4H3,(H,30,34). The van der Waals surface area contributed by atoms with Crippen LogP contribution >= 0.6 is 0 Å². The first-order valence-electron chi connectivity index (χ1n) is 11.7. The molecule has 1 atom stereocenters. The van der Waals surface area contributed by atoms with Gasteiger partial charge in [-0.25, -0.2) is 5.01 Å². The van der Waals surface area contributed by atoms with Gasteiger partial charge in [0.05, 0.1) is 31.5 Å². The number of pyridine rings is 1. The molecule has 5 rings (SSSR count). The Hall–Kier alpha value is -4.39. The van der Waals surface area contributed by atoms with Crippen LogP contribution in [0.2, 0.25) is 0 Å². The number of hydrazone groups is 1. The molecule has 0 radical (unpaired) electrons. The second kappa shape index (κ2) is 9.34. The van der Waals surface area contributed by atoms with Gasteiger partial charge in [0, 0.05) is 35.9 Å². The van der Waals surface area contributed by atoms with E-state index in [1.54, 1.807) is 20.3 Å². The molecule has 0 fully saturated rings. The van der Waals surface area contributed by atoms with E-state index in [9.17, 15) is 9.59 Å². The van der Waals surface area contributed by atoms with Crippen LogP contribution < -0.4 is 15.0 Å². The minimum absolute atomic E-state index is 0.217. The van der Waals surface area contributed by atoms with E-state index in [0.717, 1.165) is 33.2 Å². The van der Waals surface area contributed by atoms with Crippen LogP contribution in [0.1, 0.15) is 36.1 Å². The lowest BCUT2D eigenvalue weighted by atomic mass is 9.90. The minimum Gasteiger partial charge on any atom is -0.497 e. The van der Waals surface area contributed by atoms with Gasteiger partial charge in [0.1, 0.15) is 11.5 Å². The first kappa shape index (κ1) is 23.4. The summed E-state index contributed by atoms with van der Waals surface area (Å²) in [5.74, 6) is 1.02. The average molecular weight is 482 g/mol. The fourth-order valence-electron chi connectivity index (χ4n) is 4.82. The number of H-pyrrole nitrogens is 1. The third-order valence-electron chi connectivity index (χ3n) is 6.51. The molecule has 1 aromatic heterocycles. The van der Waals surface area contributed by atoms with Crippen LogP contribution in [0.5, 0.6) is 11.5 Å². The number of carbonyl (C=O) groups is 1. The highest BCUT2D eigenvalue weighted by molar-refractivity contribution is 6.12. The molecule has 0 saturated heterocycles. The van der Waals surface area contributed by atoms with E-state index in [4.69, 9.17) is 14.6 Å². The van der Waals surface area contributed by atoms with Gasteiger partial charge in [0.15, 0.2) is 0 Å². The Morgan fingerprint density at radius 2 is 1.67 bits per heavy atom. The Kier molecular flexibility index (Phi) is 6.06. The summed E-state index contributed by atoms with van der Waals surface area (Å²) in [5.41, 5.74) is 5.17. The predicted molar refractivity (Wildman–Crippen MR) is 141 cm³/mol. The van der Waals surface area contributed by atoms with E-state index in [1.807, 2.05) is 61.5 Å². The molecule has 1 N–H and O–H groups in total. The van der Waals surface area contributed by atoms with Crippen molar-refractivity contribution in [3.05, 3.63) is 93.8 Å². The van der Waals surface area contributed by atoms with Gasteiger partial charge >= 0.3 is 0 Å². The number of aromatic amines is 1. The van der Waals surface area contributed by atoms with E-state index in [-0.39, 0.29) is 11.5 Å². The number of nitrogens with zero attached hydrogens (tertiary/aromatic N) is 2. The van der Waals surface area contributed by atoms with Crippen molar-refractivity contribution in [2.45, 2.75) is 26.3 Å². The molecule has 7 heteroatoms. The Morgan fingerprint density at radius 3 is 2.31 bits per heavy atom. The van der Waals surface area contributed by atoms with Crippen molar-refractivity contribution >= 4 is 22.5 Å². The SMILES string of the molecule is COc1cc(OC)cc(C2CC(c3c(-c4ccccc4)c4cc(C)ccc4[nH]c3=O)=NN2C(C)=O)c1. The lowest BCUT2D eigenvalue weighted by Gasteiger charge is -2.21. The average Bonchev–Trinajstić information content (AvgIpc) is 3.34. The molecule has 182 valence electrons. The van der Waals surface area contributed by atoms with Crippen LogP contribution in [0, 0.1) is 6.92 Å². The zero-order valence-corrected chi connectivity index (χ0v) is 20.7. The second-order valence-corrected chi connectivity index (χ2v) is 8.90.